The smallest absolute Gasteiger partial charge is 0.0608 e. The summed E-state index contributed by atoms with van der Waals surface area (Å²) in [7, 11) is 0. The molecule has 3 aliphatic rings. The van der Waals surface area contributed by atoms with Gasteiger partial charge in [-0.25, -0.2) is 0 Å². The molecular weight excluding hydrogens is 422 g/mol. The second-order valence-electron chi connectivity index (χ2n) is 9.58. The summed E-state index contributed by atoms with van der Waals surface area (Å²) in [5.41, 5.74) is 4.26. The Morgan fingerprint density at radius 2 is 1.84 bits per heavy atom. The lowest BCUT2D eigenvalue weighted by Crippen LogP contribution is -2.53. The quantitative estimate of drug-likeness (QED) is 0.286. The van der Waals surface area contributed by atoms with Gasteiger partial charge in [-0.1, -0.05) is 13.3 Å². The SMILES string of the molecule is CCC1CCCN(CC(=NNC2CCC(N([O-])O)CC2N([O-])O)C2CCC(Cl)CC2)C1. The summed E-state index contributed by atoms with van der Waals surface area (Å²) in [6, 6.07) is -1.89. The third-order valence-corrected chi connectivity index (χ3v) is 7.89. The summed E-state index contributed by atoms with van der Waals surface area (Å²) in [4.78, 5) is 2.49. The van der Waals surface area contributed by atoms with Gasteiger partial charge in [0, 0.05) is 36.5 Å². The molecule has 2 saturated carbocycles. The molecule has 180 valence electrons. The van der Waals surface area contributed by atoms with Gasteiger partial charge in [-0.2, -0.15) is 5.10 Å². The summed E-state index contributed by atoms with van der Waals surface area (Å²) < 4.78 is 0. The van der Waals surface area contributed by atoms with Crippen molar-refractivity contribution in [2.45, 2.75) is 94.6 Å². The molecule has 0 amide bonds. The summed E-state index contributed by atoms with van der Waals surface area (Å²) in [5, 5.41) is 46.6. The highest BCUT2D eigenvalue weighted by atomic mass is 35.5. The molecule has 10 heteroatoms. The highest BCUT2D eigenvalue weighted by Gasteiger charge is 2.33. The van der Waals surface area contributed by atoms with E-state index in [1.165, 1.54) is 19.3 Å². The molecule has 3 rings (SSSR count). The maximum Gasteiger partial charge on any atom is 0.0608 e. The van der Waals surface area contributed by atoms with E-state index in [1.807, 2.05) is 0 Å². The standard InChI is InChI=1S/C21H38ClN5O4/c1-2-15-4-3-11-25(13-15)14-20(16-5-7-17(22)8-6-16)24-23-19-10-9-18(26(28)29)12-21(19)27(30)31/h15-19,21,23,28,30H,2-14H2,1H3/q-2. The van der Waals surface area contributed by atoms with E-state index in [-0.39, 0.29) is 28.3 Å². The van der Waals surface area contributed by atoms with Gasteiger partial charge in [0.25, 0.3) is 0 Å². The first kappa shape index (κ1) is 25.1. The van der Waals surface area contributed by atoms with E-state index in [0.717, 1.165) is 56.9 Å². The Balaban J connectivity index is 1.68. The second kappa shape index (κ2) is 12.1. The summed E-state index contributed by atoms with van der Waals surface area (Å²) >= 11 is 6.32. The van der Waals surface area contributed by atoms with Crippen molar-refractivity contribution >= 4 is 17.3 Å². The number of nitrogens with one attached hydrogen (secondary N) is 1. The molecule has 0 bridgehead atoms. The van der Waals surface area contributed by atoms with Crippen molar-refractivity contribution in [1.82, 2.24) is 20.8 Å². The first-order valence-corrected chi connectivity index (χ1v) is 12.3. The first-order valence-electron chi connectivity index (χ1n) is 11.9. The average Bonchev–Trinajstić information content (AvgIpc) is 2.77. The van der Waals surface area contributed by atoms with Gasteiger partial charge in [0.05, 0.1) is 11.8 Å². The Bertz CT molecular complexity index is 574. The van der Waals surface area contributed by atoms with E-state index in [0.29, 0.717) is 18.8 Å². The predicted octanol–water partition coefficient (Wildman–Crippen LogP) is 3.52. The Hall–Kier alpha value is -0.520. The van der Waals surface area contributed by atoms with Gasteiger partial charge >= 0.3 is 0 Å². The van der Waals surface area contributed by atoms with E-state index >= 15 is 0 Å². The fourth-order valence-electron chi connectivity index (χ4n) is 5.39. The highest BCUT2D eigenvalue weighted by Crippen LogP contribution is 2.30. The molecule has 0 aromatic heterocycles. The van der Waals surface area contributed by atoms with Crippen LogP contribution in [-0.2, 0) is 0 Å². The monoisotopic (exact) mass is 459 g/mol. The van der Waals surface area contributed by atoms with Crippen LogP contribution >= 0.6 is 11.6 Å². The minimum absolute atomic E-state index is 0.0875. The van der Waals surface area contributed by atoms with Crippen molar-refractivity contribution in [3.8, 4) is 0 Å². The minimum atomic E-state index is -0.828. The van der Waals surface area contributed by atoms with E-state index in [2.05, 4.69) is 17.2 Å². The largest absolute Gasteiger partial charge is 0.762 e. The molecule has 3 fully saturated rings. The molecule has 9 nitrogen and oxygen atoms in total. The molecule has 3 N–H and O–H groups in total. The van der Waals surface area contributed by atoms with Gasteiger partial charge < -0.3 is 26.3 Å². The van der Waals surface area contributed by atoms with Crippen molar-refractivity contribution in [1.29, 1.82) is 0 Å². The summed E-state index contributed by atoms with van der Waals surface area (Å²) in [5.74, 6) is 1.10. The number of halogens is 1. The lowest BCUT2D eigenvalue weighted by molar-refractivity contribution is -0.137. The zero-order chi connectivity index (χ0) is 22.4. The van der Waals surface area contributed by atoms with Crippen molar-refractivity contribution in [3.63, 3.8) is 0 Å². The van der Waals surface area contributed by atoms with E-state index in [9.17, 15) is 20.8 Å². The van der Waals surface area contributed by atoms with Crippen LogP contribution in [0.1, 0.15) is 71.1 Å². The van der Waals surface area contributed by atoms with Crippen LogP contribution in [-0.4, -0.2) is 74.6 Å². The maximum atomic E-state index is 11.7. The molecule has 1 saturated heterocycles. The van der Waals surface area contributed by atoms with Gasteiger partial charge in [0.15, 0.2) is 0 Å². The molecule has 31 heavy (non-hydrogen) atoms. The van der Waals surface area contributed by atoms with Gasteiger partial charge in [0.1, 0.15) is 0 Å². The Morgan fingerprint density at radius 3 is 2.48 bits per heavy atom. The molecule has 2 aliphatic carbocycles. The van der Waals surface area contributed by atoms with Crippen LogP contribution in [0.2, 0.25) is 0 Å². The lowest BCUT2D eigenvalue weighted by Gasteiger charge is -2.45. The number of alkyl halides is 1. The van der Waals surface area contributed by atoms with Crippen LogP contribution in [0.25, 0.3) is 0 Å². The van der Waals surface area contributed by atoms with Crippen molar-refractivity contribution < 1.29 is 10.4 Å². The molecule has 0 radical (unpaired) electrons. The average molecular weight is 460 g/mol. The van der Waals surface area contributed by atoms with Gasteiger partial charge in [-0.15, -0.1) is 11.6 Å². The fraction of sp³-hybridized carbons (Fsp3) is 0.952. The maximum absolute atomic E-state index is 11.7. The fourth-order valence-corrected chi connectivity index (χ4v) is 5.64. The molecule has 0 spiro atoms. The number of piperidine rings is 1. The van der Waals surface area contributed by atoms with Crippen molar-refractivity contribution in [2.75, 3.05) is 19.6 Å². The van der Waals surface area contributed by atoms with Crippen molar-refractivity contribution in [3.05, 3.63) is 10.4 Å². The van der Waals surface area contributed by atoms with Crippen LogP contribution < -0.4 is 5.43 Å². The topological polar surface area (TPSA) is 121 Å². The third kappa shape index (κ3) is 7.23. The Morgan fingerprint density at radius 1 is 1.10 bits per heavy atom. The van der Waals surface area contributed by atoms with Crippen LogP contribution in [0, 0.1) is 22.3 Å². The number of nitrogens with zero attached hydrogens (tertiary/aromatic N) is 4. The van der Waals surface area contributed by atoms with E-state index < -0.39 is 12.1 Å². The summed E-state index contributed by atoms with van der Waals surface area (Å²) in [6.07, 6.45) is 8.69. The molecule has 0 aromatic rings. The van der Waals surface area contributed by atoms with Crippen LogP contribution in [0.3, 0.4) is 0 Å². The number of likely N-dealkylation sites (tertiary alicyclic amines) is 1. The number of hydroxylamine groups is 4. The normalized spacial score (nSPS) is 36.2. The van der Waals surface area contributed by atoms with Crippen molar-refractivity contribution in [2.24, 2.45) is 16.9 Å². The Labute approximate surface area is 190 Å². The Kier molecular flexibility index (Phi) is 9.79. The number of hydrogen-bond acceptors (Lipinski definition) is 9. The molecule has 4 atom stereocenters. The zero-order valence-electron chi connectivity index (χ0n) is 18.5. The highest BCUT2D eigenvalue weighted by molar-refractivity contribution is 6.20. The number of hydrazone groups is 1. The molecule has 0 aromatic carbocycles. The van der Waals surface area contributed by atoms with E-state index in [4.69, 9.17) is 16.7 Å². The van der Waals surface area contributed by atoms with Crippen LogP contribution in [0.5, 0.6) is 0 Å². The van der Waals surface area contributed by atoms with Crippen LogP contribution in [0.15, 0.2) is 5.10 Å². The first-order chi connectivity index (χ1) is 14.9. The molecule has 1 heterocycles. The van der Waals surface area contributed by atoms with Gasteiger partial charge in [0.2, 0.25) is 0 Å². The van der Waals surface area contributed by atoms with Crippen LogP contribution in [0.4, 0.5) is 0 Å². The minimum Gasteiger partial charge on any atom is -0.762 e. The lowest BCUT2D eigenvalue weighted by atomic mass is 9.84. The predicted molar refractivity (Wildman–Crippen MR) is 121 cm³/mol. The molecule has 1 aliphatic heterocycles. The number of rotatable bonds is 8. The third-order valence-electron chi connectivity index (χ3n) is 7.45. The van der Waals surface area contributed by atoms with Gasteiger partial charge in [-0.05, 0) is 70.3 Å². The van der Waals surface area contributed by atoms with E-state index in [1.54, 1.807) is 0 Å². The zero-order valence-corrected chi connectivity index (χ0v) is 19.3. The van der Waals surface area contributed by atoms with Gasteiger partial charge in [-0.3, -0.25) is 15.4 Å². The summed E-state index contributed by atoms with van der Waals surface area (Å²) in [6.45, 7) is 5.23. The number of hydrogen-bond donors (Lipinski definition) is 3. The molecule has 4 unspecified atom stereocenters. The second-order valence-corrected chi connectivity index (χ2v) is 10.2. The molecular formula is C21H38ClN5O4-2.